The summed E-state index contributed by atoms with van der Waals surface area (Å²) in [7, 11) is -3.62. The third-order valence-corrected chi connectivity index (χ3v) is 13.0. The molecule has 9 atom stereocenters. The summed E-state index contributed by atoms with van der Waals surface area (Å²) in [6, 6.07) is 0.0959. The van der Waals surface area contributed by atoms with Crippen molar-refractivity contribution in [2.45, 2.75) is 93.7 Å². The van der Waals surface area contributed by atoms with Crippen LogP contribution in [0.15, 0.2) is 4.79 Å². The van der Waals surface area contributed by atoms with Gasteiger partial charge in [-0.15, -0.1) is 11.6 Å². The van der Waals surface area contributed by atoms with Gasteiger partial charge in [-0.2, -0.15) is 11.8 Å². The number of piperidine rings is 1. The molecule has 7 unspecified atom stereocenters. The number of nitrogens with zero attached hydrogens (tertiary/aromatic N) is 3. The van der Waals surface area contributed by atoms with Crippen molar-refractivity contribution in [3.63, 3.8) is 0 Å². The number of fused-ring (bicyclic) bond motifs is 2. The summed E-state index contributed by atoms with van der Waals surface area (Å²) in [4.78, 5) is 33.4. The monoisotopic (exact) mass is 667 g/mol. The molecule has 0 spiro atoms. The predicted octanol–water partition coefficient (Wildman–Crippen LogP) is 2.27. The van der Waals surface area contributed by atoms with Crippen LogP contribution in [-0.2, 0) is 34.2 Å². The molecule has 0 radical (unpaired) electrons. The lowest BCUT2D eigenvalue weighted by Crippen LogP contribution is -2.55. The standard InChI is InChI=1S/C31H43ClFN5O4S2/c1-18-35-27-8-7-22(37-13-10-21(33)16-37)15-25(27)31(40)38(18)12-3-4-19-5-6-20(32)14-24(19)23-9-11-34-28-26(17-43-29(23)28)30(39)36-44(2,41)42/h19-24,26,28-29,34H,5-17H2,1-2H3,(H,36,39)/t19?,20?,21-,22-,23?,24?,26?,28?,29?/m1/s1. The van der Waals surface area contributed by atoms with Crippen LogP contribution < -0.4 is 15.6 Å². The molecule has 2 aliphatic carbocycles. The third-order valence-electron chi connectivity index (χ3n) is 10.4. The molecule has 3 aliphatic heterocycles. The highest BCUT2D eigenvalue weighted by Gasteiger charge is 2.50. The minimum absolute atomic E-state index is 0.0227. The van der Waals surface area contributed by atoms with Crippen LogP contribution in [0.5, 0.6) is 0 Å². The molecule has 1 amide bonds. The summed E-state index contributed by atoms with van der Waals surface area (Å²) in [5, 5.41) is 3.76. The summed E-state index contributed by atoms with van der Waals surface area (Å²) in [6.07, 6.45) is 6.65. The van der Waals surface area contributed by atoms with E-state index in [0.29, 0.717) is 36.9 Å². The number of aromatic nitrogens is 2. The number of sulfonamides is 1. The van der Waals surface area contributed by atoms with Crippen molar-refractivity contribution in [3.05, 3.63) is 27.4 Å². The van der Waals surface area contributed by atoms with E-state index >= 15 is 0 Å². The van der Waals surface area contributed by atoms with E-state index in [1.54, 1.807) is 16.3 Å². The van der Waals surface area contributed by atoms with Gasteiger partial charge in [-0.3, -0.25) is 23.8 Å². The van der Waals surface area contributed by atoms with Crippen molar-refractivity contribution in [2.24, 2.45) is 23.7 Å². The number of rotatable bonds is 5. The van der Waals surface area contributed by atoms with E-state index in [0.717, 1.165) is 69.1 Å². The van der Waals surface area contributed by atoms with Gasteiger partial charge in [-0.1, -0.05) is 11.8 Å². The highest BCUT2D eigenvalue weighted by Crippen LogP contribution is 2.48. The van der Waals surface area contributed by atoms with E-state index in [4.69, 9.17) is 16.6 Å². The lowest BCUT2D eigenvalue weighted by molar-refractivity contribution is -0.123. The zero-order valence-corrected chi connectivity index (χ0v) is 27.8. The molecule has 13 heteroatoms. The first-order valence-electron chi connectivity index (χ1n) is 15.9. The van der Waals surface area contributed by atoms with E-state index in [1.807, 2.05) is 6.92 Å². The molecule has 1 aromatic heterocycles. The van der Waals surface area contributed by atoms with Crippen LogP contribution >= 0.6 is 23.4 Å². The zero-order chi connectivity index (χ0) is 31.2. The quantitative estimate of drug-likeness (QED) is 0.364. The molecule has 4 heterocycles. The van der Waals surface area contributed by atoms with Gasteiger partial charge in [0.2, 0.25) is 15.9 Å². The fraction of sp³-hybridized carbons (Fsp3) is 0.774. The average Bonchev–Trinajstić information content (AvgIpc) is 3.61. The molecule has 44 heavy (non-hydrogen) atoms. The number of nitrogens with one attached hydrogen (secondary N) is 2. The maximum atomic E-state index is 13.9. The molecular weight excluding hydrogens is 625 g/mol. The largest absolute Gasteiger partial charge is 0.312 e. The Morgan fingerprint density at radius 1 is 1.23 bits per heavy atom. The van der Waals surface area contributed by atoms with Crippen molar-refractivity contribution < 1.29 is 17.6 Å². The summed E-state index contributed by atoms with van der Waals surface area (Å²) in [5.41, 5.74) is 1.61. The fourth-order valence-electron chi connectivity index (χ4n) is 8.28. The highest BCUT2D eigenvalue weighted by atomic mass is 35.5. The third kappa shape index (κ3) is 6.87. The van der Waals surface area contributed by atoms with Crippen molar-refractivity contribution in [2.75, 3.05) is 31.6 Å². The Balaban J connectivity index is 1.17. The first kappa shape index (κ1) is 32.3. The van der Waals surface area contributed by atoms with E-state index < -0.39 is 28.0 Å². The minimum Gasteiger partial charge on any atom is -0.312 e. The Hall–Kier alpha value is -1.65. The first-order chi connectivity index (χ1) is 21.0. The number of hydrogen-bond donors (Lipinski definition) is 2. The second-order valence-corrected chi connectivity index (χ2v) is 16.9. The second-order valence-electron chi connectivity index (χ2n) is 13.3. The predicted molar refractivity (Wildman–Crippen MR) is 171 cm³/mol. The Labute approximate surface area is 268 Å². The molecule has 6 rings (SSSR count). The smallest absolute Gasteiger partial charge is 0.257 e. The Morgan fingerprint density at radius 3 is 2.80 bits per heavy atom. The van der Waals surface area contributed by atoms with Crippen LogP contribution in [0.25, 0.3) is 0 Å². The molecular formula is C31H43ClFN5O4S2. The van der Waals surface area contributed by atoms with Crippen LogP contribution in [0.3, 0.4) is 0 Å². The van der Waals surface area contributed by atoms with Gasteiger partial charge < -0.3 is 5.32 Å². The van der Waals surface area contributed by atoms with Gasteiger partial charge in [0, 0.05) is 53.0 Å². The van der Waals surface area contributed by atoms with Gasteiger partial charge in [0.25, 0.3) is 5.56 Å². The number of likely N-dealkylation sites (tertiary alicyclic amines) is 1. The number of carbonyl (C=O) groups is 1. The highest BCUT2D eigenvalue weighted by molar-refractivity contribution is 8.00. The Morgan fingerprint density at radius 2 is 2.05 bits per heavy atom. The van der Waals surface area contributed by atoms with Crippen molar-refractivity contribution in [1.29, 1.82) is 0 Å². The maximum Gasteiger partial charge on any atom is 0.257 e. The Kier molecular flexibility index (Phi) is 9.71. The molecule has 3 saturated heterocycles. The van der Waals surface area contributed by atoms with Crippen LogP contribution in [-0.4, -0.2) is 89.3 Å². The van der Waals surface area contributed by atoms with Gasteiger partial charge in [0.1, 0.15) is 12.0 Å². The lowest BCUT2D eigenvalue weighted by Gasteiger charge is -2.44. The minimum atomic E-state index is -3.62. The number of thioether (sulfide) groups is 1. The molecule has 242 valence electrons. The first-order valence-corrected chi connectivity index (χ1v) is 19.3. The van der Waals surface area contributed by atoms with Gasteiger partial charge in [-0.05, 0) is 76.7 Å². The summed E-state index contributed by atoms with van der Waals surface area (Å²) in [5.74, 6) is 8.00. The normalized spacial score (nSPS) is 35.8. The Bertz CT molecular complexity index is 1500. The van der Waals surface area contributed by atoms with Crippen LogP contribution in [0, 0.1) is 42.4 Å². The maximum absolute atomic E-state index is 13.9. The van der Waals surface area contributed by atoms with Gasteiger partial charge in [-0.25, -0.2) is 17.8 Å². The lowest BCUT2D eigenvalue weighted by atomic mass is 9.67. The number of alkyl halides is 2. The molecule has 9 nitrogen and oxygen atoms in total. The average molecular weight is 668 g/mol. The number of halogens is 2. The molecule has 4 fully saturated rings. The van der Waals surface area contributed by atoms with E-state index in [-0.39, 0.29) is 46.7 Å². The molecule has 0 bridgehead atoms. The molecule has 5 aliphatic rings. The topological polar surface area (TPSA) is 113 Å². The molecule has 2 N–H and O–H groups in total. The van der Waals surface area contributed by atoms with Crippen molar-refractivity contribution in [1.82, 2.24) is 24.5 Å². The second kappa shape index (κ2) is 13.2. The van der Waals surface area contributed by atoms with Gasteiger partial charge in [0.15, 0.2) is 0 Å². The van der Waals surface area contributed by atoms with Crippen LogP contribution in [0.1, 0.15) is 55.6 Å². The fourth-order valence-corrected chi connectivity index (χ4v) is 11.0. The van der Waals surface area contributed by atoms with E-state index in [1.165, 1.54) is 0 Å². The van der Waals surface area contributed by atoms with Crippen LogP contribution in [0.4, 0.5) is 4.39 Å². The van der Waals surface area contributed by atoms with E-state index in [9.17, 15) is 22.4 Å². The number of carbonyl (C=O) groups excluding carboxylic acids is 1. The molecule has 0 aromatic carbocycles. The molecule has 1 aromatic rings. The van der Waals surface area contributed by atoms with Gasteiger partial charge in [0.05, 0.1) is 24.4 Å². The van der Waals surface area contributed by atoms with Crippen LogP contribution in [0.2, 0.25) is 0 Å². The number of hydrogen-bond acceptors (Lipinski definition) is 8. The number of amides is 1. The van der Waals surface area contributed by atoms with Crippen molar-refractivity contribution >= 4 is 39.3 Å². The SMILES string of the molecule is Cc1nc2c(c(=O)n1CC#CC1CCC(Cl)CC1C1CCNC3C(C(=O)NS(C)(=O)=O)CSC13)C[C@H](N1CC[C@@H](F)C1)CC2. The summed E-state index contributed by atoms with van der Waals surface area (Å²) < 4.78 is 41.2. The zero-order valence-electron chi connectivity index (χ0n) is 25.4. The number of aryl methyl sites for hydroxylation is 2. The van der Waals surface area contributed by atoms with E-state index in [2.05, 4.69) is 26.8 Å². The molecule has 1 saturated carbocycles. The van der Waals surface area contributed by atoms with Gasteiger partial charge >= 0.3 is 0 Å². The van der Waals surface area contributed by atoms with Crippen molar-refractivity contribution in [3.8, 4) is 11.8 Å². The summed E-state index contributed by atoms with van der Waals surface area (Å²) in [6.45, 7) is 4.11. The summed E-state index contributed by atoms with van der Waals surface area (Å²) >= 11 is 8.47.